The summed E-state index contributed by atoms with van der Waals surface area (Å²) >= 11 is 3.52. The van der Waals surface area contributed by atoms with Crippen molar-refractivity contribution >= 4 is 32.9 Å². The number of H-pyrrole nitrogens is 1. The van der Waals surface area contributed by atoms with Gasteiger partial charge in [0.25, 0.3) is 5.56 Å². The highest BCUT2D eigenvalue weighted by atomic mass is 79.9. The summed E-state index contributed by atoms with van der Waals surface area (Å²) in [6.07, 6.45) is -0.367. The molecule has 1 aromatic heterocycles. The Balaban J connectivity index is 1.68. The Hall–Kier alpha value is -3.11. The first-order valence-corrected chi connectivity index (χ1v) is 13.6. The van der Waals surface area contributed by atoms with Crippen molar-refractivity contribution in [2.24, 2.45) is 0 Å². The molecule has 2 N–H and O–H groups in total. The zero-order valence-corrected chi connectivity index (χ0v) is 24.2. The Bertz CT molecular complexity index is 1460. The standard InChI is InChI=1S/C28H35BrN4O5/c1-16(2)20-9-7-8-10-21(20)33-22-11-18(29)12-23(24(22)25(34)31-26(33)35)37-15-19-14-32(17(3)13-30-19)27(36)38-28(4,5)6/h7-12,16-17,19,30H,13-15H2,1-6H3,(H,31,34,35)/t17-,19-/m0/s1. The summed E-state index contributed by atoms with van der Waals surface area (Å²) in [5.41, 5.74) is 0.495. The van der Waals surface area contributed by atoms with Crippen LogP contribution in [-0.4, -0.2) is 57.9 Å². The third kappa shape index (κ3) is 5.96. The van der Waals surface area contributed by atoms with E-state index in [9.17, 15) is 14.4 Å². The summed E-state index contributed by atoms with van der Waals surface area (Å²) in [4.78, 5) is 43.0. The quantitative estimate of drug-likeness (QED) is 0.454. The van der Waals surface area contributed by atoms with Gasteiger partial charge >= 0.3 is 11.8 Å². The SMILES string of the molecule is CC(C)c1ccccc1-n1c(=O)[nH]c(=O)c2c(OC[C@@H]3CN(C(=O)OC(C)(C)C)[C@@H](C)CN3)cc(Br)cc21. The van der Waals surface area contributed by atoms with Crippen LogP contribution in [-0.2, 0) is 4.74 Å². The second-order valence-electron chi connectivity index (χ2n) is 11.0. The van der Waals surface area contributed by atoms with E-state index in [2.05, 4.69) is 40.1 Å². The molecule has 4 rings (SSSR count). The van der Waals surface area contributed by atoms with Gasteiger partial charge in [0.15, 0.2) is 0 Å². The number of aromatic nitrogens is 2. The van der Waals surface area contributed by atoms with Crippen LogP contribution in [0.4, 0.5) is 4.79 Å². The molecule has 0 saturated carbocycles. The first-order valence-electron chi connectivity index (χ1n) is 12.8. The minimum Gasteiger partial charge on any atom is -0.491 e. The molecule has 0 spiro atoms. The lowest BCUT2D eigenvalue weighted by Crippen LogP contribution is -2.59. The average molecular weight is 588 g/mol. The minimum absolute atomic E-state index is 0.0360. The normalized spacial score (nSPS) is 18.2. The van der Waals surface area contributed by atoms with Crippen molar-refractivity contribution in [1.82, 2.24) is 19.8 Å². The number of rotatable bonds is 5. The predicted octanol–water partition coefficient (Wildman–Crippen LogP) is 4.54. The third-order valence-electron chi connectivity index (χ3n) is 6.46. The maximum atomic E-state index is 13.1. The van der Waals surface area contributed by atoms with Gasteiger partial charge in [-0.1, -0.05) is 48.0 Å². The maximum absolute atomic E-state index is 13.1. The van der Waals surface area contributed by atoms with E-state index >= 15 is 0 Å². The number of benzene rings is 2. The van der Waals surface area contributed by atoms with Crippen LogP contribution in [0.15, 0.2) is 50.5 Å². The van der Waals surface area contributed by atoms with E-state index in [1.165, 1.54) is 4.57 Å². The lowest BCUT2D eigenvalue weighted by molar-refractivity contribution is 0.00749. The van der Waals surface area contributed by atoms with Crippen molar-refractivity contribution in [2.45, 2.75) is 65.1 Å². The fraction of sp³-hybridized carbons (Fsp3) is 0.464. The maximum Gasteiger partial charge on any atom is 0.410 e. The van der Waals surface area contributed by atoms with Crippen LogP contribution in [0.5, 0.6) is 5.75 Å². The lowest BCUT2D eigenvalue weighted by atomic mass is 10.0. The number of fused-ring (bicyclic) bond motifs is 1. The zero-order chi connectivity index (χ0) is 27.8. The molecule has 10 heteroatoms. The van der Waals surface area contributed by atoms with Gasteiger partial charge < -0.3 is 19.7 Å². The largest absolute Gasteiger partial charge is 0.491 e. The molecule has 1 amide bonds. The van der Waals surface area contributed by atoms with E-state index in [4.69, 9.17) is 9.47 Å². The van der Waals surface area contributed by atoms with Crippen LogP contribution < -0.4 is 21.3 Å². The van der Waals surface area contributed by atoms with Gasteiger partial charge in [0.05, 0.1) is 17.2 Å². The first-order chi connectivity index (χ1) is 17.9. The highest BCUT2D eigenvalue weighted by molar-refractivity contribution is 9.10. The van der Waals surface area contributed by atoms with Gasteiger partial charge in [-0.05, 0) is 57.4 Å². The van der Waals surface area contributed by atoms with Crippen LogP contribution in [0.2, 0.25) is 0 Å². The minimum atomic E-state index is -0.589. The summed E-state index contributed by atoms with van der Waals surface area (Å²) in [7, 11) is 0. The third-order valence-corrected chi connectivity index (χ3v) is 6.91. The lowest BCUT2D eigenvalue weighted by Gasteiger charge is -2.39. The number of piperazine rings is 1. The second kappa shape index (κ2) is 10.9. The molecule has 3 aromatic rings. The van der Waals surface area contributed by atoms with Crippen LogP contribution in [0.3, 0.4) is 0 Å². The Morgan fingerprint density at radius 3 is 2.58 bits per heavy atom. The van der Waals surface area contributed by atoms with E-state index in [-0.39, 0.29) is 36.1 Å². The zero-order valence-electron chi connectivity index (χ0n) is 22.6. The number of carbonyl (C=O) groups excluding carboxylic acids is 1. The number of ether oxygens (including phenoxy) is 2. The number of hydrogen-bond acceptors (Lipinski definition) is 6. The van der Waals surface area contributed by atoms with Crippen molar-refractivity contribution in [2.75, 3.05) is 19.7 Å². The van der Waals surface area contributed by atoms with Crippen molar-refractivity contribution < 1.29 is 14.3 Å². The van der Waals surface area contributed by atoms with Gasteiger partial charge in [-0.2, -0.15) is 0 Å². The van der Waals surface area contributed by atoms with E-state index < -0.39 is 16.9 Å². The monoisotopic (exact) mass is 586 g/mol. The molecule has 0 radical (unpaired) electrons. The smallest absolute Gasteiger partial charge is 0.410 e. The van der Waals surface area contributed by atoms with Crippen LogP contribution >= 0.6 is 15.9 Å². The predicted molar refractivity (Wildman–Crippen MR) is 152 cm³/mol. The summed E-state index contributed by atoms with van der Waals surface area (Å²) < 4.78 is 14.0. The summed E-state index contributed by atoms with van der Waals surface area (Å²) in [5.74, 6) is 0.506. The van der Waals surface area contributed by atoms with Crippen molar-refractivity contribution in [3.8, 4) is 11.4 Å². The number of aromatic amines is 1. The van der Waals surface area contributed by atoms with Crippen molar-refractivity contribution in [3.63, 3.8) is 0 Å². The van der Waals surface area contributed by atoms with E-state index in [1.54, 1.807) is 17.0 Å². The molecule has 0 bridgehead atoms. The second-order valence-corrected chi connectivity index (χ2v) is 11.9. The Kier molecular flexibility index (Phi) is 8.04. The molecule has 1 fully saturated rings. The van der Waals surface area contributed by atoms with E-state index in [0.717, 1.165) is 5.56 Å². The molecular formula is C28H35BrN4O5. The molecule has 38 heavy (non-hydrogen) atoms. The van der Waals surface area contributed by atoms with Gasteiger partial charge in [0.2, 0.25) is 0 Å². The van der Waals surface area contributed by atoms with Gasteiger partial charge in [0.1, 0.15) is 23.3 Å². The summed E-state index contributed by atoms with van der Waals surface area (Å²) in [6, 6.07) is 10.9. The fourth-order valence-electron chi connectivity index (χ4n) is 4.64. The van der Waals surface area contributed by atoms with Crippen molar-refractivity contribution in [3.05, 3.63) is 67.3 Å². The number of nitrogens with zero attached hydrogens (tertiary/aromatic N) is 2. The van der Waals surface area contributed by atoms with Gasteiger partial charge in [-0.15, -0.1) is 0 Å². The molecule has 2 aromatic carbocycles. The van der Waals surface area contributed by atoms with Gasteiger partial charge in [0, 0.05) is 23.6 Å². The average Bonchev–Trinajstić information content (AvgIpc) is 2.82. The number of amides is 1. The number of carbonyl (C=O) groups is 1. The van der Waals surface area contributed by atoms with Crippen LogP contribution in [0.1, 0.15) is 53.0 Å². The number of hydrogen-bond donors (Lipinski definition) is 2. The fourth-order valence-corrected chi connectivity index (χ4v) is 5.06. The highest BCUT2D eigenvalue weighted by Crippen LogP contribution is 2.30. The van der Waals surface area contributed by atoms with E-state index in [1.807, 2.05) is 52.0 Å². The van der Waals surface area contributed by atoms with Crippen molar-refractivity contribution in [1.29, 1.82) is 0 Å². The summed E-state index contributed by atoms with van der Waals surface area (Å²) in [5, 5.41) is 3.68. The molecule has 0 unspecified atom stereocenters. The first kappa shape index (κ1) is 27.9. The van der Waals surface area contributed by atoms with Gasteiger partial charge in [-0.25, -0.2) is 9.59 Å². The van der Waals surface area contributed by atoms with Gasteiger partial charge in [-0.3, -0.25) is 14.3 Å². The molecule has 204 valence electrons. The molecule has 2 atom stereocenters. The molecule has 1 aliphatic heterocycles. The molecule has 1 saturated heterocycles. The molecule has 9 nitrogen and oxygen atoms in total. The Labute approximate surface area is 230 Å². The van der Waals surface area contributed by atoms with Crippen LogP contribution in [0.25, 0.3) is 16.6 Å². The van der Waals surface area contributed by atoms with Crippen LogP contribution in [0, 0.1) is 0 Å². The number of nitrogens with one attached hydrogen (secondary N) is 2. The number of para-hydroxylation sites is 1. The van der Waals surface area contributed by atoms with E-state index in [0.29, 0.717) is 34.5 Å². The number of halogens is 1. The Morgan fingerprint density at radius 2 is 1.89 bits per heavy atom. The topological polar surface area (TPSA) is 106 Å². The molecule has 2 heterocycles. The Morgan fingerprint density at radius 1 is 1.18 bits per heavy atom. The highest BCUT2D eigenvalue weighted by Gasteiger charge is 2.32. The molecular weight excluding hydrogens is 552 g/mol. The molecule has 1 aliphatic rings. The molecule has 0 aliphatic carbocycles. The summed E-state index contributed by atoms with van der Waals surface area (Å²) in [6.45, 7) is 12.8.